The number of nitrogens with zero attached hydrogens (tertiary/aromatic N) is 1. The molecular formula is C20H31NO. The topological polar surface area (TPSA) is 23.5 Å². The summed E-state index contributed by atoms with van der Waals surface area (Å²) in [5, 5.41) is 11.5. The van der Waals surface area contributed by atoms with Crippen LogP contribution in [0, 0.1) is 17.8 Å². The van der Waals surface area contributed by atoms with Gasteiger partial charge in [-0.15, -0.1) is 0 Å². The smallest absolute Gasteiger partial charge is 0.0750 e. The third-order valence-electron chi connectivity index (χ3n) is 6.15. The molecule has 0 bridgehead atoms. The fraction of sp³-hybridized carbons (Fsp3) is 0.700. The lowest BCUT2D eigenvalue weighted by Gasteiger charge is -2.52. The van der Waals surface area contributed by atoms with Gasteiger partial charge in [-0.1, -0.05) is 63.4 Å². The van der Waals surface area contributed by atoms with Gasteiger partial charge < -0.3 is 5.11 Å². The Morgan fingerprint density at radius 2 is 1.59 bits per heavy atom. The summed E-state index contributed by atoms with van der Waals surface area (Å²) >= 11 is 0. The fourth-order valence-electron chi connectivity index (χ4n) is 4.97. The van der Waals surface area contributed by atoms with Crippen molar-refractivity contribution in [3.63, 3.8) is 0 Å². The Bertz CT molecular complexity index is 454. The Labute approximate surface area is 135 Å². The zero-order valence-electron chi connectivity index (χ0n) is 14.2. The van der Waals surface area contributed by atoms with Gasteiger partial charge >= 0.3 is 0 Å². The maximum absolute atomic E-state index is 11.5. The molecule has 2 fully saturated rings. The summed E-state index contributed by atoms with van der Waals surface area (Å²) in [7, 11) is 0. The van der Waals surface area contributed by atoms with Gasteiger partial charge in [-0.05, 0) is 36.2 Å². The Balaban J connectivity index is 1.68. The highest BCUT2D eigenvalue weighted by atomic mass is 16.3. The van der Waals surface area contributed by atoms with Crippen LogP contribution in [0.1, 0.15) is 51.5 Å². The van der Waals surface area contributed by atoms with Gasteiger partial charge in [-0.25, -0.2) is 0 Å². The first kappa shape index (κ1) is 16.0. The number of rotatable bonds is 3. The summed E-state index contributed by atoms with van der Waals surface area (Å²) in [4.78, 5) is 2.53. The average molecular weight is 301 g/mol. The Morgan fingerprint density at radius 3 is 2.18 bits per heavy atom. The molecule has 1 N–H and O–H groups in total. The predicted octanol–water partition coefficient (Wildman–Crippen LogP) is 4.09. The molecule has 2 heteroatoms. The first-order valence-electron chi connectivity index (χ1n) is 9.09. The zero-order chi connectivity index (χ0) is 15.6. The number of aliphatic hydroxyl groups is 1. The molecule has 2 aliphatic rings. The van der Waals surface area contributed by atoms with Crippen molar-refractivity contribution in [3.8, 4) is 0 Å². The van der Waals surface area contributed by atoms with E-state index in [-0.39, 0.29) is 0 Å². The zero-order valence-corrected chi connectivity index (χ0v) is 14.2. The third-order valence-corrected chi connectivity index (χ3v) is 6.15. The Morgan fingerprint density at radius 1 is 1.00 bits per heavy atom. The van der Waals surface area contributed by atoms with Crippen molar-refractivity contribution >= 4 is 0 Å². The summed E-state index contributed by atoms with van der Waals surface area (Å²) in [6.07, 6.45) is 6.42. The number of hydrogen-bond acceptors (Lipinski definition) is 2. The Hall–Kier alpha value is -0.860. The molecular weight excluding hydrogens is 270 g/mol. The molecule has 1 saturated carbocycles. The SMILES string of the molecule is C[C@@H]1CN(Cc2ccccc2)C[C@H](C)[C@]1(O)C1CCCCC1. The molecule has 1 aromatic rings. The average Bonchev–Trinajstić information content (AvgIpc) is 2.54. The number of likely N-dealkylation sites (tertiary alicyclic amines) is 1. The second kappa shape index (κ2) is 6.72. The molecule has 122 valence electrons. The van der Waals surface area contributed by atoms with Crippen LogP contribution in [0.25, 0.3) is 0 Å². The van der Waals surface area contributed by atoms with Gasteiger partial charge in [0.1, 0.15) is 0 Å². The molecule has 0 radical (unpaired) electrons. The Kier molecular flexibility index (Phi) is 4.89. The molecule has 3 atom stereocenters. The van der Waals surface area contributed by atoms with Gasteiger partial charge in [0, 0.05) is 19.6 Å². The second-order valence-electron chi connectivity index (χ2n) is 7.70. The molecule has 1 saturated heterocycles. The highest BCUT2D eigenvalue weighted by Crippen LogP contribution is 2.44. The van der Waals surface area contributed by atoms with E-state index < -0.39 is 5.60 Å². The highest BCUT2D eigenvalue weighted by molar-refractivity contribution is 5.15. The molecule has 1 aliphatic heterocycles. The van der Waals surface area contributed by atoms with Crippen molar-refractivity contribution in [1.82, 2.24) is 4.90 Å². The van der Waals surface area contributed by atoms with Crippen LogP contribution in [0.3, 0.4) is 0 Å². The summed E-state index contributed by atoms with van der Waals surface area (Å²) in [5.74, 6) is 1.25. The lowest BCUT2D eigenvalue weighted by Crippen LogP contribution is -2.60. The minimum atomic E-state index is -0.451. The largest absolute Gasteiger partial charge is 0.389 e. The molecule has 0 aromatic heterocycles. The molecule has 1 aromatic carbocycles. The molecule has 3 rings (SSSR count). The summed E-state index contributed by atoms with van der Waals surface area (Å²) < 4.78 is 0. The maximum Gasteiger partial charge on any atom is 0.0750 e. The van der Waals surface area contributed by atoms with Crippen LogP contribution in [-0.2, 0) is 6.54 Å². The van der Waals surface area contributed by atoms with Crippen LogP contribution < -0.4 is 0 Å². The van der Waals surface area contributed by atoms with Gasteiger partial charge in [0.15, 0.2) is 0 Å². The van der Waals surface area contributed by atoms with Crippen molar-refractivity contribution in [3.05, 3.63) is 35.9 Å². The quantitative estimate of drug-likeness (QED) is 0.909. The monoisotopic (exact) mass is 301 g/mol. The van der Waals surface area contributed by atoms with Crippen LogP contribution >= 0.6 is 0 Å². The van der Waals surface area contributed by atoms with Gasteiger partial charge in [-0.3, -0.25) is 4.90 Å². The van der Waals surface area contributed by atoms with Crippen LogP contribution in [0.15, 0.2) is 30.3 Å². The van der Waals surface area contributed by atoms with Crippen LogP contribution in [0.5, 0.6) is 0 Å². The molecule has 2 nitrogen and oxygen atoms in total. The van der Waals surface area contributed by atoms with E-state index in [4.69, 9.17) is 0 Å². The van der Waals surface area contributed by atoms with Crippen molar-refractivity contribution in [2.24, 2.45) is 17.8 Å². The first-order valence-corrected chi connectivity index (χ1v) is 9.09. The first-order chi connectivity index (χ1) is 10.6. The lowest BCUT2D eigenvalue weighted by molar-refractivity contribution is -0.152. The van der Waals surface area contributed by atoms with E-state index in [1.165, 1.54) is 37.7 Å². The van der Waals surface area contributed by atoms with E-state index in [1.807, 2.05) is 0 Å². The van der Waals surface area contributed by atoms with E-state index in [1.54, 1.807) is 0 Å². The highest BCUT2D eigenvalue weighted by Gasteiger charge is 2.49. The van der Waals surface area contributed by atoms with Crippen molar-refractivity contribution in [2.45, 2.75) is 58.1 Å². The number of hydrogen-bond donors (Lipinski definition) is 1. The second-order valence-corrected chi connectivity index (χ2v) is 7.70. The fourth-order valence-corrected chi connectivity index (χ4v) is 4.97. The third kappa shape index (κ3) is 3.09. The van der Waals surface area contributed by atoms with Crippen molar-refractivity contribution in [2.75, 3.05) is 13.1 Å². The standard InChI is InChI=1S/C20H31NO/c1-16-13-21(15-18-9-5-3-6-10-18)14-17(2)20(16,22)19-11-7-4-8-12-19/h3,5-6,9-10,16-17,19,22H,4,7-8,11-15H2,1-2H3/t16-,17+,20+. The maximum atomic E-state index is 11.5. The molecule has 1 heterocycles. The summed E-state index contributed by atoms with van der Waals surface area (Å²) in [6, 6.07) is 10.7. The molecule has 0 unspecified atom stereocenters. The molecule has 22 heavy (non-hydrogen) atoms. The van der Waals surface area contributed by atoms with Gasteiger partial charge in [0.05, 0.1) is 5.60 Å². The number of piperidine rings is 1. The van der Waals surface area contributed by atoms with E-state index in [2.05, 4.69) is 49.1 Å². The van der Waals surface area contributed by atoms with Crippen LogP contribution in [0.2, 0.25) is 0 Å². The van der Waals surface area contributed by atoms with Crippen LogP contribution in [0.4, 0.5) is 0 Å². The number of benzene rings is 1. The minimum Gasteiger partial charge on any atom is -0.389 e. The minimum absolute atomic E-state index is 0.364. The van der Waals surface area contributed by atoms with E-state index in [0.717, 1.165) is 19.6 Å². The molecule has 1 aliphatic carbocycles. The van der Waals surface area contributed by atoms with E-state index in [9.17, 15) is 5.11 Å². The van der Waals surface area contributed by atoms with Gasteiger partial charge in [-0.2, -0.15) is 0 Å². The van der Waals surface area contributed by atoms with Crippen molar-refractivity contribution < 1.29 is 5.11 Å². The van der Waals surface area contributed by atoms with Crippen LogP contribution in [-0.4, -0.2) is 28.7 Å². The van der Waals surface area contributed by atoms with E-state index >= 15 is 0 Å². The molecule has 0 amide bonds. The summed E-state index contributed by atoms with van der Waals surface area (Å²) in [6.45, 7) is 7.58. The van der Waals surface area contributed by atoms with Crippen molar-refractivity contribution in [1.29, 1.82) is 0 Å². The predicted molar refractivity (Wildman–Crippen MR) is 91.6 cm³/mol. The lowest BCUT2D eigenvalue weighted by atomic mass is 9.63. The van der Waals surface area contributed by atoms with Gasteiger partial charge in [0.2, 0.25) is 0 Å². The van der Waals surface area contributed by atoms with Gasteiger partial charge in [0.25, 0.3) is 0 Å². The normalized spacial score (nSPS) is 34.7. The molecule has 0 spiro atoms. The van der Waals surface area contributed by atoms with E-state index in [0.29, 0.717) is 17.8 Å². The summed E-state index contributed by atoms with van der Waals surface area (Å²) in [5.41, 5.74) is 0.929.